The molecule has 1 amide bonds. The van der Waals surface area contributed by atoms with Crippen molar-refractivity contribution in [2.45, 2.75) is 17.7 Å². The Morgan fingerprint density at radius 3 is 2.95 bits per heavy atom. The van der Waals surface area contributed by atoms with Crippen LogP contribution in [0, 0.1) is 6.92 Å². The average molecular weight is 309 g/mol. The summed E-state index contributed by atoms with van der Waals surface area (Å²) >= 11 is 6.91. The lowest BCUT2D eigenvalue weighted by Crippen LogP contribution is -2.23. The Bertz CT molecular complexity index is 713. The molecule has 1 aromatic heterocycles. The van der Waals surface area contributed by atoms with E-state index < -0.39 is 11.8 Å². The van der Waals surface area contributed by atoms with E-state index in [4.69, 9.17) is 16.1 Å². The first-order chi connectivity index (χ1) is 9.54. The van der Waals surface area contributed by atoms with Crippen LogP contribution in [0.5, 0.6) is 0 Å². The summed E-state index contributed by atoms with van der Waals surface area (Å²) in [4.78, 5) is 24.9. The highest BCUT2D eigenvalue weighted by atomic mass is 35.5. The quantitative estimate of drug-likeness (QED) is 0.863. The Balaban J connectivity index is 1.87. The van der Waals surface area contributed by atoms with E-state index in [1.54, 1.807) is 31.2 Å². The molecule has 3 rings (SSSR count). The lowest BCUT2D eigenvalue weighted by Gasteiger charge is -2.08. The summed E-state index contributed by atoms with van der Waals surface area (Å²) in [5.74, 6) is -0.381. The van der Waals surface area contributed by atoms with Crippen LogP contribution in [0.2, 0.25) is 5.02 Å². The van der Waals surface area contributed by atoms with Crippen LogP contribution in [-0.2, 0) is 9.59 Å². The molecule has 2 heterocycles. The van der Waals surface area contributed by atoms with Crippen molar-refractivity contribution in [3.8, 4) is 0 Å². The second kappa shape index (κ2) is 4.96. The molecule has 20 heavy (non-hydrogen) atoms. The number of fused-ring (bicyclic) bond motifs is 1. The molecule has 0 aliphatic carbocycles. The Morgan fingerprint density at radius 2 is 2.25 bits per heavy atom. The zero-order chi connectivity index (χ0) is 14.3. The maximum Gasteiger partial charge on any atom is 0.241 e. The van der Waals surface area contributed by atoms with Crippen molar-refractivity contribution in [1.82, 2.24) is 5.16 Å². The number of amides is 1. The van der Waals surface area contributed by atoms with Gasteiger partial charge in [-0.2, -0.15) is 0 Å². The lowest BCUT2D eigenvalue weighted by molar-refractivity contribution is -0.123. The number of nitrogens with zero attached hydrogens (tertiary/aromatic N) is 1. The Morgan fingerprint density at radius 1 is 1.45 bits per heavy atom. The van der Waals surface area contributed by atoms with Gasteiger partial charge in [0.1, 0.15) is 11.7 Å². The third kappa shape index (κ3) is 2.32. The van der Waals surface area contributed by atoms with Gasteiger partial charge in [0.25, 0.3) is 0 Å². The van der Waals surface area contributed by atoms with Gasteiger partial charge in [-0.3, -0.25) is 9.59 Å². The number of hydrogen-bond acceptors (Lipinski definition) is 5. The molecule has 1 unspecified atom stereocenters. The van der Waals surface area contributed by atoms with E-state index in [9.17, 15) is 9.59 Å². The zero-order valence-electron chi connectivity index (χ0n) is 10.3. The molecule has 2 aromatic rings. The van der Waals surface area contributed by atoms with E-state index in [2.05, 4.69) is 10.5 Å². The second-order valence-electron chi connectivity index (χ2n) is 4.35. The molecule has 1 aromatic carbocycles. The van der Waals surface area contributed by atoms with Gasteiger partial charge in [-0.1, -0.05) is 34.6 Å². The molecule has 0 bridgehead atoms. The third-order valence-electron chi connectivity index (χ3n) is 2.87. The van der Waals surface area contributed by atoms with Gasteiger partial charge in [-0.15, -0.1) is 0 Å². The number of halogens is 1. The van der Waals surface area contributed by atoms with E-state index in [1.165, 1.54) is 0 Å². The van der Waals surface area contributed by atoms with Gasteiger partial charge in [-0.05, 0) is 24.6 Å². The van der Waals surface area contributed by atoms with Gasteiger partial charge >= 0.3 is 0 Å². The summed E-state index contributed by atoms with van der Waals surface area (Å²) in [6, 6.07) is 6.65. The summed E-state index contributed by atoms with van der Waals surface area (Å²) in [6.07, 6.45) is 0. The molecule has 0 spiro atoms. The first kappa shape index (κ1) is 13.2. The van der Waals surface area contributed by atoms with Crippen molar-refractivity contribution in [3.63, 3.8) is 0 Å². The molecule has 5 nitrogen and oxygen atoms in total. The fraction of sp³-hybridized carbons (Fsp3) is 0.154. The molecule has 1 aliphatic rings. The largest absolute Gasteiger partial charge is 0.360 e. The molecule has 1 aliphatic heterocycles. The van der Waals surface area contributed by atoms with Crippen LogP contribution in [0.3, 0.4) is 0 Å². The second-order valence-corrected chi connectivity index (χ2v) is 5.83. The number of hydrogen-bond donors (Lipinski definition) is 1. The number of benzene rings is 1. The topological polar surface area (TPSA) is 72.2 Å². The number of thioether (sulfide) groups is 1. The molecule has 0 saturated heterocycles. The fourth-order valence-electron chi connectivity index (χ4n) is 2.00. The number of aromatic nitrogens is 1. The van der Waals surface area contributed by atoms with Crippen LogP contribution in [-0.4, -0.2) is 16.2 Å². The van der Waals surface area contributed by atoms with E-state index in [1.807, 2.05) is 0 Å². The molecule has 1 atom stereocenters. The SMILES string of the molecule is Cc1cc(NC(=O)C2C(=O)Sc3cc(Cl)ccc32)no1. The average Bonchev–Trinajstić information content (AvgIpc) is 2.91. The summed E-state index contributed by atoms with van der Waals surface area (Å²) in [5, 5.41) is 6.57. The summed E-state index contributed by atoms with van der Waals surface area (Å²) in [7, 11) is 0. The molecule has 0 radical (unpaired) electrons. The van der Waals surface area contributed by atoms with E-state index in [0.717, 1.165) is 16.7 Å². The third-order valence-corrected chi connectivity index (χ3v) is 4.12. The molecule has 7 heteroatoms. The summed E-state index contributed by atoms with van der Waals surface area (Å²) < 4.78 is 4.87. The minimum absolute atomic E-state index is 0.222. The van der Waals surface area contributed by atoms with Gasteiger partial charge in [0.15, 0.2) is 5.82 Å². The number of rotatable bonds is 2. The van der Waals surface area contributed by atoms with Crippen LogP contribution in [0.25, 0.3) is 0 Å². The number of nitrogens with one attached hydrogen (secondary N) is 1. The van der Waals surface area contributed by atoms with Gasteiger partial charge in [-0.25, -0.2) is 0 Å². The first-order valence-corrected chi connectivity index (χ1v) is 6.99. The smallest absolute Gasteiger partial charge is 0.241 e. The van der Waals surface area contributed by atoms with Crippen molar-refractivity contribution in [2.75, 3.05) is 5.32 Å². The predicted molar refractivity (Wildman–Crippen MR) is 74.9 cm³/mol. The van der Waals surface area contributed by atoms with Crippen LogP contribution in [0.15, 0.2) is 33.7 Å². The molecule has 0 saturated carbocycles. The maximum absolute atomic E-state index is 12.2. The molecule has 102 valence electrons. The van der Waals surface area contributed by atoms with Crippen LogP contribution < -0.4 is 5.32 Å². The first-order valence-electron chi connectivity index (χ1n) is 5.80. The minimum atomic E-state index is -0.843. The maximum atomic E-state index is 12.2. The standard InChI is InChI=1S/C13H9ClN2O3S/c1-6-4-10(16-19-6)15-12(17)11-8-3-2-7(14)5-9(8)20-13(11)18/h2-5,11H,1H3,(H,15,16,17). The lowest BCUT2D eigenvalue weighted by atomic mass is 10.00. The highest BCUT2D eigenvalue weighted by molar-refractivity contribution is 8.14. The Hall–Kier alpha value is -1.79. The van der Waals surface area contributed by atoms with Crippen LogP contribution in [0.4, 0.5) is 5.82 Å². The zero-order valence-corrected chi connectivity index (χ0v) is 11.9. The minimum Gasteiger partial charge on any atom is -0.360 e. The van der Waals surface area contributed by atoms with Crippen LogP contribution >= 0.6 is 23.4 Å². The number of carbonyl (C=O) groups excluding carboxylic acids is 2. The van der Waals surface area contributed by atoms with Gasteiger partial charge in [0.05, 0.1) is 0 Å². The van der Waals surface area contributed by atoms with Crippen molar-refractivity contribution in [3.05, 3.63) is 40.6 Å². The monoisotopic (exact) mass is 308 g/mol. The molecule has 1 N–H and O–H groups in total. The number of anilines is 1. The van der Waals surface area contributed by atoms with Crippen molar-refractivity contribution in [2.24, 2.45) is 0 Å². The number of aryl methyl sites for hydroxylation is 1. The van der Waals surface area contributed by atoms with Crippen LogP contribution in [0.1, 0.15) is 17.2 Å². The normalized spacial score (nSPS) is 17.1. The van der Waals surface area contributed by atoms with E-state index >= 15 is 0 Å². The Kier molecular flexibility index (Phi) is 3.27. The molecular formula is C13H9ClN2O3S. The Labute approximate surface area is 123 Å². The van der Waals surface area contributed by atoms with Gasteiger partial charge in [0, 0.05) is 16.0 Å². The van der Waals surface area contributed by atoms with Crippen molar-refractivity contribution < 1.29 is 14.1 Å². The highest BCUT2D eigenvalue weighted by Crippen LogP contribution is 2.42. The molecular weight excluding hydrogens is 300 g/mol. The van der Waals surface area contributed by atoms with Crippen molar-refractivity contribution in [1.29, 1.82) is 0 Å². The fourth-order valence-corrected chi connectivity index (χ4v) is 3.30. The van der Waals surface area contributed by atoms with E-state index in [-0.39, 0.29) is 5.12 Å². The van der Waals surface area contributed by atoms with Gasteiger partial charge < -0.3 is 9.84 Å². The predicted octanol–water partition coefficient (Wildman–Crippen LogP) is 2.99. The van der Waals surface area contributed by atoms with Gasteiger partial charge in [0.2, 0.25) is 11.0 Å². The highest BCUT2D eigenvalue weighted by Gasteiger charge is 2.37. The summed E-state index contributed by atoms with van der Waals surface area (Å²) in [5.41, 5.74) is 0.669. The molecule has 0 fully saturated rings. The summed E-state index contributed by atoms with van der Waals surface area (Å²) in [6.45, 7) is 1.72. The van der Waals surface area contributed by atoms with E-state index in [0.29, 0.717) is 22.2 Å². The number of carbonyl (C=O) groups is 2. The van der Waals surface area contributed by atoms with Crippen molar-refractivity contribution >= 4 is 40.2 Å².